The van der Waals surface area contributed by atoms with Crippen LogP contribution in [0, 0.1) is 0 Å². The first-order chi connectivity index (χ1) is 10.7. The molecule has 4 nitrogen and oxygen atoms in total. The highest BCUT2D eigenvalue weighted by Gasteiger charge is 2.08. The Bertz CT molecular complexity index is 740. The smallest absolute Gasteiger partial charge is 0.253 e. The van der Waals surface area contributed by atoms with Crippen molar-refractivity contribution in [1.82, 2.24) is 10.2 Å². The number of halogens is 2. The first-order valence-corrected chi connectivity index (χ1v) is 7.39. The molecule has 2 aromatic carbocycles. The Morgan fingerprint density at radius 2 is 1.59 bits per heavy atom. The predicted molar refractivity (Wildman–Crippen MR) is 84.3 cm³/mol. The Balaban J connectivity index is 1.62. The topological polar surface area (TPSA) is 48.2 Å². The van der Waals surface area contributed by atoms with Crippen molar-refractivity contribution in [2.24, 2.45) is 0 Å². The van der Waals surface area contributed by atoms with Crippen LogP contribution < -0.4 is 4.74 Å². The molecule has 1 aromatic heterocycles. The van der Waals surface area contributed by atoms with Gasteiger partial charge in [-0.2, -0.15) is 0 Å². The van der Waals surface area contributed by atoms with E-state index in [1.165, 1.54) is 0 Å². The lowest BCUT2D eigenvalue weighted by Gasteiger charge is -2.04. The van der Waals surface area contributed by atoms with E-state index in [9.17, 15) is 0 Å². The molecule has 0 radical (unpaired) electrons. The molecule has 22 heavy (non-hydrogen) atoms. The summed E-state index contributed by atoms with van der Waals surface area (Å²) in [4.78, 5) is 0. The molecule has 0 bridgehead atoms. The van der Waals surface area contributed by atoms with Crippen molar-refractivity contribution in [2.45, 2.75) is 13.0 Å². The van der Waals surface area contributed by atoms with Crippen LogP contribution in [-0.4, -0.2) is 10.2 Å². The lowest BCUT2D eigenvalue weighted by molar-refractivity contribution is 0.259. The van der Waals surface area contributed by atoms with Gasteiger partial charge in [-0.05, 0) is 23.8 Å². The highest BCUT2D eigenvalue weighted by molar-refractivity contribution is 6.34. The zero-order chi connectivity index (χ0) is 15.4. The molecule has 3 aromatic rings. The maximum atomic E-state index is 5.91. The molecule has 0 amide bonds. The average Bonchev–Trinajstić information content (AvgIpc) is 2.93. The molecule has 0 unspecified atom stereocenters. The van der Waals surface area contributed by atoms with Crippen LogP contribution in [0.3, 0.4) is 0 Å². The van der Waals surface area contributed by atoms with Crippen LogP contribution in [-0.2, 0) is 13.0 Å². The number of nitrogens with zero attached hydrogens (tertiary/aromatic N) is 2. The first kappa shape index (κ1) is 14.9. The summed E-state index contributed by atoms with van der Waals surface area (Å²) in [6, 6.07) is 14.9. The third-order valence-electron chi connectivity index (χ3n) is 2.91. The normalized spacial score (nSPS) is 10.6. The lowest BCUT2D eigenvalue weighted by Crippen LogP contribution is -1.95. The largest absolute Gasteiger partial charge is 0.484 e. The molecule has 1 heterocycles. The van der Waals surface area contributed by atoms with Crippen LogP contribution in [0.4, 0.5) is 0 Å². The summed E-state index contributed by atoms with van der Waals surface area (Å²) in [5.41, 5.74) is 1.11. The molecule has 0 spiro atoms. The molecule has 6 heteroatoms. The van der Waals surface area contributed by atoms with Gasteiger partial charge in [0.25, 0.3) is 5.89 Å². The number of hydrogen-bond acceptors (Lipinski definition) is 4. The molecular formula is C16H12Cl2N2O2. The molecule has 0 atom stereocenters. The summed E-state index contributed by atoms with van der Waals surface area (Å²) in [6.45, 7) is 0.165. The van der Waals surface area contributed by atoms with Gasteiger partial charge in [-0.15, -0.1) is 10.2 Å². The number of rotatable bonds is 5. The summed E-state index contributed by atoms with van der Waals surface area (Å²) in [5.74, 6) is 1.51. The van der Waals surface area contributed by atoms with E-state index in [1.807, 2.05) is 30.3 Å². The van der Waals surface area contributed by atoms with Gasteiger partial charge in [0.05, 0.1) is 6.42 Å². The SMILES string of the molecule is Clc1cc(Cl)cc(OCc2nnc(Cc3ccccc3)o2)c1. The van der Waals surface area contributed by atoms with Crippen molar-refractivity contribution in [2.75, 3.05) is 0 Å². The molecule has 0 N–H and O–H groups in total. The van der Waals surface area contributed by atoms with Crippen molar-refractivity contribution in [1.29, 1.82) is 0 Å². The molecule has 0 saturated carbocycles. The third-order valence-corrected chi connectivity index (χ3v) is 3.34. The first-order valence-electron chi connectivity index (χ1n) is 6.63. The molecule has 0 saturated heterocycles. The summed E-state index contributed by atoms with van der Waals surface area (Å²) < 4.78 is 11.1. The Morgan fingerprint density at radius 1 is 0.909 bits per heavy atom. The van der Waals surface area contributed by atoms with Crippen molar-refractivity contribution < 1.29 is 9.15 Å². The van der Waals surface area contributed by atoms with E-state index in [4.69, 9.17) is 32.4 Å². The number of hydrogen-bond donors (Lipinski definition) is 0. The van der Waals surface area contributed by atoms with E-state index < -0.39 is 0 Å². The third kappa shape index (κ3) is 4.00. The summed E-state index contributed by atoms with van der Waals surface area (Å²) >= 11 is 11.8. The molecule has 0 aliphatic carbocycles. The standard InChI is InChI=1S/C16H12Cl2N2O2/c17-12-7-13(18)9-14(8-12)21-10-16-20-19-15(22-16)6-11-4-2-1-3-5-11/h1-5,7-9H,6,10H2. The molecule has 0 aliphatic heterocycles. The minimum atomic E-state index is 0.165. The molecule has 0 aliphatic rings. The highest BCUT2D eigenvalue weighted by atomic mass is 35.5. The predicted octanol–water partition coefficient (Wildman–Crippen LogP) is 4.55. The van der Waals surface area contributed by atoms with Gasteiger partial charge < -0.3 is 9.15 Å². The minimum absolute atomic E-state index is 0.165. The minimum Gasteiger partial charge on any atom is -0.484 e. The zero-order valence-corrected chi connectivity index (χ0v) is 13.0. The van der Waals surface area contributed by atoms with Crippen LogP contribution >= 0.6 is 23.2 Å². The number of aromatic nitrogens is 2. The van der Waals surface area contributed by atoms with Crippen LogP contribution in [0.1, 0.15) is 17.3 Å². The average molecular weight is 335 g/mol. The molecule has 0 fully saturated rings. The van der Waals surface area contributed by atoms with Gasteiger partial charge >= 0.3 is 0 Å². The lowest BCUT2D eigenvalue weighted by atomic mass is 10.2. The van der Waals surface area contributed by atoms with Gasteiger partial charge in [0.15, 0.2) is 6.61 Å². The van der Waals surface area contributed by atoms with E-state index in [0.717, 1.165) is 5.56 Å². The van der Waals surface area contributed by atoms with Crippen LogP contribution in [0.15, 0.2) is 52.9 Å². The van der Waals surface area contributed by atoms with E-state index in [2.05, 4.69) is 10.2 Å². The fourth-order valence-corrected chi connectivity index (χ4v) is 2.45. The maximum Gasteiger partial charge on any atom is 0.253 e. The van der Waals surface area contributed by atoms with Crippen molar-refractivity contribution in [3.05, 3.63) is 75.9 Å². The highest BCUT2D eigenvalue weighted by Crippen LogP contribution is 2.24. The Labute approximate surface area is 137 Å². The van der Waals surface area contributed by atoms with E-state index >= 15 is 0 Å². The van der Waals surface area contributed by atoms with Gasteiger partial charge in [0.1, 0.15) is 5.75 Å². The molecule has 3 rings (SSSR count). The summed E-state index contributed by atoms with van der Waals surface area (Å²) in [6.07, 6.45) is 0.594. The fourth-order valence-electron chi connectivity index (χ4n) is 1.95. The van der Waals surface area contributed by atoms with Crippen molar-refractivity contribution in [3.8, 4) is 5.75 Å². The Kier molecular flexibility index (Phi) is 4.61. The van der Waals surface area contributed by atoms with Gasteiger partial charge in [0, 0.05) is 10.0 Å². The van der Waals surface area contributed by atoms with Crippen LogP contribution in [0.25, 0.3) is 0 Å². The number of benzene rings is 2. The summed E-state index contributed by atoms with van der Waals surface area (Å²) in [7, 11) is 0. The van der Waals surface area contributed by atoms with Crippen molar-refractivity contribution in [3.63, 3.8) is 0 Å². The second kappa shape index (κ2) is 6.81. The van der Waals surface area contributed by atoms with Gasteiger partial charge in [-0.1, -0.05) is 53.5 Å². The van der Waals surface area contributed by atoms with Crippen molar-refractivity contribution >= 4 is 23.2 Å². The van der Waals surface area contributed by atoms with Gasteiger partial charge in [-0.3, -0.25) is 0 Å². The fraction of sp³-hybridized carbons (Fsp3) is 0.125. The van der Waals surface area contributed by atoms with Crippen LogP contribution in [0.5, 0.6) is 5.75 Å². The molecular weight excluding hydrogens is 323 g/mol. The van der Waals surface area contributed by atoms with E-state index in [-0.39, 0.29) is 6.61 Å². The number of ether oxygens (including phenoxy) is 1. The second-order valence-electron chi connectivity index (χ2n) is 4.65. The van der Waals surface area contributed by atoms with Crippen LogP contribution in [0.2, 0.25) is 10.0 Å². The zero-order valence-electron chi connectivity index (χ0n) is 11.5. The second-order valence-corrected chi connectivity index (χ2v) is 5.52. The Hall–Kier alpha value is -2.04. The van der Waals surface area contributed by atoms with E-state index in [1.54, 1.807) is 18.2 Å². The van der Waals surface area contributed by atoms with E-state index in [0.29, 0.717) is 34.0 Å². The monoisotopic (exact) mass is 334 g/mol. The quantitative estimate of drug-likeness (QED) is 0.686. The van der Waals surface area contributed by atoms with Gasteiger partial charge in [-0.25, -0.2) is 0 Å². The van der Waals surface area contributed by atoms with Gasteiger partial charge in [0.2, 0.25) is 5.89 Å². The Morgan fingerprint density at radius 3 is 2.32 bits per heavy atom. The molecule has 112 valence electrons. The maximum absolute atomic E-state index is 5.91. The summed E-state index contributed by atoms with van der Waals surface area (Å²) in [5, 5.41) is 9.00.